The zero-order chi connectivity index (χ0) is 23.5. The molecule has 0 bridgehead atoms. The summed E-state index contributed by atoms with van der Waals surface area (Å²) in [5, 5.41) is 0. The average molecular weight is 463 g/mol. The first kappa shape index (κ1) is 23.9. The third-order valence-corrected chi connectivity index (χ3v) is 7.20. The van der Waals surface area contributed by atoms with Crippen LogP contribution in [-0.2, 0) is 19.6 Å². The highest BCUT2D eigenvalue weighted by Gasteiger charge is 2.29. The second-order valence-electron chi connectivity index (χ2n) is 8.64. The van der Waals surface area contributed by atoms with E-state index in [4.69, 9.17) is 4.74 Å². The Labute approximate surface area is 187 Å². The number of rotatable bonds is 6. The van der Waals surface area contributed by atoms with E-state index in [0.717, 1.165) is 5.69 Å². The van der Waals surface area contributed by atoms with Crippen LogP contribution in [0.4, 0.5) is 10.1 Å². The van der Waals surface area contributed by atoms with Gasteiger partial charge < -0.3 is 9.64 Å². The second kappa shape index (κ2) is 9.38. The standard InChI is InChI=1S/C23H27FN2O5S/c1-23(2,3)21(27)16-31-22(28)17-5-4-6-20(15-17)32(29,30)26-13-11-25(12-14-26)19-9-7-18(24)8-10-19/h4-10,15H,11-14,16H2,1-3H3. The Morgan fingerprint density at radius 1 is 1.00 bits per heavy atom. The highest BCUT2D eigenvalue weighted by Crippen LogP contribution is 2.22. The fourth-order valence-corrected chi connectivity index (χ4v) is 4.67. The number of carbonyl (C=O) groups is 2. The molecule has 0 aromatic heterocycles. The lowest BCUT2D eigenvalue weighted by Crippen LogP contribution is -2.48. The van der Waals surface area contributed by atoms with E-state index in [1.807, 2.05) is 4.90 Å². The maximum absolute atomic E-state index is 13.1. The Hall–Kier alpha value is -2.78. The number of ether oxygens (including phenoxy) is 1. The lowest BCUT2D eigenvalue weighted by Gasteiger charge is -2.35. The summed E-state index contributed by atoms with van der Waals surface area (Å²) >= 11 is 0. The average Bonchev–Trinajstić information content (AvgIpc) is 2.77. The molecule has 2 aromatic carbocycles. The molecule has 1 heterocycles. The molecule has 172 valence electrons. The van der Waals surface area contributed by atoms with Gasteiger partial charge in [0.1, 0.15) is 5.82 Å². The number of carbonyl (C=O) groups excluding carboxylic acids is 2. The van der Waals surface area contributed by atoms with Crippen LogP contribution in [0.15, 0.2) is 53.4 Å². The highest BCUT2D eigenvalue weighted by molar-refractivity contribution is 7.89. The predicted molar refractivity (Wildman–Crippen MR) is 119 cm³/mol. The molecule has 1 aliphatic heterocycles. The number of hydrogen-bond acceptors (Lipinski definition) is 6. The smallest absolute Gasteiger partial charge is 0.338 e. The van der Waals surface area contributed by atoms with E-state index in [9.17, 15) is 22.4 Å². The number of sulfonamides is 1. The molecule has 2 aromatic rings. The number of halogens is 1. The van der Waals surface area contributed by atoms with Crippen molar-refractivity contribution in [1.29, 1.82) is 0 Å². The lowest BCUT2D eigenvalue weighted by atomic mass is 9.91. The van der Waals surface area contributed by atoms with Crippen LogP contribution in [0, 0.1) is 11.2 Å². The molecule has 0 saturated carbocycles. The van der Waals surface area contributed by atoms with Crippen molar-refractivity contribution in [1.82, 2.24) is 4.31 Å². The largest absolute Gasteiger partial charge is 0.454 e. The molecule has 7 nitrogen and oxygen atoms in total. The number of benzene rings is 2. The van der Waals surface area contributed by atoms with Gasteiger partial charge in [-0.25, -0.2) is 17.6 Å². The van der Waals surface area contributed by atoms with Crippen LogP contribution in [0.2, 0.25) is 0 Å². The summed E-state index contributed by atoms with van der Waals surface area (Å²) in [4.78, 5) is 26.3. The molecule has 3 rings (SSSR count). The molecule has 1 saturated heterocycles. The van der Waals surface area contributed by atoms with Crippen LogP contribution in [0.1, 0.15) is 31.1 Å². The molecule has 0 radical (unpaired) electrons. The Balaban J connectivity index is 1.66. The Bertz CT molecular complexity index is 1090. The van der Waals surface area contributed by atoms with Crippen LogP contribution in [-0.4, -0.2) is 57.3 Å². The van der Waals surface area contributed by atoms with E-state index >= 15 is 0 Å². The van der Waals surface area contributed by atoms with Crippen molar-refractivity contribution >= 4 is 27.5 Å². The molecule has 9 heteroatoms. The monoisotopic (exact) mass is 462 g/mol. The lowest BCUT2D eigenvalue weighted by molar-refractivity contribution is -0.129. The van der Waals surface area contributed by atoms with Gasteiger partial charge >= 0.3 is 5.97 Å². The van der Waals surface area contributed by atoms with E-state index < -0.39 is 21.4 Å². The maximum Gasteiger partial charge on any atom is 0.338 e. The van der Waals surface area contributed by atoms with Crippen molar-refractivity contribution in [2.24, 2.45) is 5.41 Å². The summed E-state index contributed by atoms with van der Waals surface area (Å²) in [7, 11) is -3.81. The molecule has 0 spiro atoms. The number of esters is 1. The van der Waals surface area contributed by atoms with E-state index in [0.29, 0.717) is 13.1 Å². The molecular weight excluding hydrogens is 435 g/mol. The first-order valence-electron chi connectivity index (χ1n) is 10.3. The van der Waals surface area contributed by atoms with Crippen LogP contribution in [0.5, 0.6) is 0 Å². The minimum absolute atomic E-state index is 0.00988. The molecule has 32 heavy (non-hydrogen) atoms. The Morgan fingerprint density at radius 2 is 1.62 bits per heavy atom. The fraction of sp³-hybridized carbons (Fsp3) is 0.391. The number of anilines is 1. The van der Waals surface area contributed by atoms with E-state index in [2.05, 4.69) is 0 Å². The van der Waals surface area contributed by atoms with Crippen molar-refractivity contribution in [3.05, 3.63) is 59.9 Å². The van der Waals surface area contributed by atoms with Gasteiger partial charge in [-0.3, -0.25) is 4.79 Å². The summed E-state index contributed by atoms with van der Waals surface area (Å²) in [5.41, 5.74) is 0.261. The molecule has 1 aliphatic rings. The quantitative estimate of drug-likeness (QED) is 0.614. The molecule has 0 aliphatic carbocycles. The summed E-state index contributed by atoms with van der Waals surface area (Å²) in [6.07, 6.45) is 0. The van der Waals surface area contributed by atoms with E-state index in [1.165, 1.54) is 40.7 Å². The molecular formula is C23H27FN2O5S. The van der Waals surface area contributed by atoms with Crippen LogP contribution < -0.4 is 4.90 Å². The zero-order valence-corrected chi connectivity index (χ0v) is 19.2. The zero-order valence-electron chi connectivity index (χ0n) is 18.4. The van der Waals surface area contributed by atoms with Crippen molar-refractivity contribution in [2.75, 3.05) is 37.7 Å². The van der Waals surface area contributed by atoms with Crippen molar-refractivity contribution in [2.45, 2.75) is 25.7 Å². The third kappa shape index (κ3) is 5.52. The Morgan fingerprint density at radius 3 is 2.22 bits per heavy atom. The van der Waals surface area contributed by atoms with Crippen molar-refractivity contribution in [3.8, 4) is 0 Å². The number of hydrogen-bond donors (Lipinski definition) is 0. The SMILES string of the molecule is CC(C)(C)C(=O)COC(=O)c1cccc(S(=O)(=O)N2CCN(c3ccc(F)cc3)CC2)c1. The van der Waals surface area contributed by atoms with Gasteiger partial charge in [-0.2, -0.15) is 4.31 Å². The molecule has 0 amide bonds. The van der Waals surface area contributed by atoms with Crippen molar-refractivity contribution in [3.63, 3.8) is 0 Å². The molecule has 0 N–H and O–H groups in total. The number of Topliss-reactive ketones (excluding diaryl/α,β-unsaturated/α-hetero) is 1. The third-order valence-electron chi connectivity index (χ3n) is 5.31. The van der Waals surface area contributed by atoms with Gasteiger partial charge in [-0.05, 0) is 42.5 Å². The molecule has 1 fully saturated rings. The number of ketones is 1. The van der Waals surface area contributed by atoms with Crippen LogP contribution >= 0.6 is 0 Å². The molecule has 0 atom stereocenters. The second-order valence-corrected chi connectivity index (χ2v) is 10.6. The maximum atomic E-state index is 13.1. The van der Waals surface area contributed by atoms with Gasteiger partial charge in [0, 0.05) is 37.3 Å². The first-order valence-corrected chi connectivity index (χ1v) is 11.7. The highest BCUT2D eigenvalue weighted by atomic mass is 32.2. The van der Waals surface area contributed by atoms with Gasteiger partial charge in [-0.1, -0.05) is 26.8 Å². The predicted octanol–water partition coefficient (Wildman–Crippen LogP) is 3.11. The Kier molecular flexibility index (Phi) is 7.00. The van der Waals surface area contributed by atoms with Gasteiger partial charge in [0.05, 0.1) is 10.5 Å². The summed E-state index contributed by atoms with van der Waals surface area (Å²) < 4.78 is 45.8. The minimum Gasteiger partial charge on any atom is -0.454 e. The fourth-order valence-electron chi connectivity index (χ4n) is 3.20. The summed E-state index contributed by atoms with van der Waals surface area (Å²) in [6.45, 7) is 6.25. The normalized spacial score (nSPS) is 15.4. The number of nitrogens with zero attached hydrogens (tertiary/aromatic N) is 2. The topological polar surface area (TPSA) is 84.0 Å². The summed E-state index contributed by atoms with van der Waals surface area (Å²) in [5.74, 6) is -1.30. The number of piperazine rings is 1. The van der Waals surface area contributed by atoms with Crippen LogP contribution in [0.25, 0.3) is 0 Å². The van der Waals surface area contributed by atoms with Crippen molar-refractivity contribution < 1.29 is 27.1 Å². The van der Waals surface area contributed by atoms with Gasteiger partial charge in [0.25, 0.3) is 0 Å². The van der Waals surface area contributed by atoms with Gasteiger partial charge in [0.2, 0.25) is 10.0 Å². The van der Waals surface area contributed by atoms with Crippen LogP contribution in [0.3, 0.4) is 0 Å². The molecule has 0 unspecified atom stereocenters. The van der Waals surface area contributed by atoms with E-state index in [1.54, 1.807) is 32.9 Å². The first-order chi connectivity index (χ1) is 15.0. The van der Waals surface area contributed by atoms with Gasteiger partial charge in [-0.15, -0.1) is 0 Å². The van der Waals surface area contributed by atoms with Gasteiger partial charge in [0.15, 0.2) is 12.4 Å². The minimum atomic E-state index is -3.81. The summed E-state index contributed by atoms with van der Waals surface area (Å²) in [6, 6.07) is 11.7. The van der Waals surface area contributed by atoms with E-state index in [-0.39, 0.29) is 41.8 Å².